The van der Waals surface area contributed by atoms with E-state index in [0.717, 1.165) is 31.6 Å². The summed E-state index contributed by atoms with van der Waals surface area (Å²) >= 11 is 1.84. The number of benzene rings is 1. The summed E-state index contributed by atoms with van der Waals surface area (Å²) in [6.45, 7) is 3.10. The average Bonchev–Trinajstić information content (AvgIpc) is 3.27. The molecule has 1 unspecified atom stereocenters. The van der Waals surface area contributed by atoms with Gasteiger partial charge in [-0.05, 0) is 48.4 Å². The summed E-state index contributed by atoms with van der Waals surface area (Å²) in [5, 5.41) is 12.5. The predicted molar refractivity (Wildman–Crippen MR) is 85.6 cm³/mol. The molecule has 1 aliphatic heterocycles. The Kier molecular flexibility index (Phi) is 3.82. The molecule has 1 atom stereocenters. The minimum absolute atomic E-state index is 0.478. The maximum atomic E-state index is 4.84. The van der Waals surface area contributed by atoms with Crippen molar-refractivity contribution in [3.63, 3.8) is 0 Å². The fourth-order valence-electron chi connectivity index (χ4n) is 3.12. The van der Waals surface area contributed by atoms with Crippen LogP contribution >= 0.6 is 11.3 Å². The van der Waals surface area contributed by atoms with E-state index in [9.17, 15) is 0 Å². The molecule has 3 heterocycles. The van der Waals surface area contributed by atoms with Gasteiger partial charge in [0.25, 0.3) is 0 Å². The average molecular weight is 314 g/mol. The zero-order chi connectivity index (χ0) is 14.8. The molecule has 0 saturated carbocycles. The van der Waals surface area contributed by atoms with Crippen molar-refractivity contribution in [2.24, 2.45) is 0 Å². The van der Waals surface area contributed by atoms with Gasteiger partial charge in [-0.25, -0.2) is 9.67 Å². The van der Waals surface area contributed by atoms with E-state index in [2.05, 4.69) is 44.7 Å². The Morgan fingerprint density at radius 3 is 3.05 bits per heavy atom. The molecule has 4 rings (SSSR count). The van der Waals surface area contributed by atoms with Crippen molar-refractivity contribution in [1.82, 2.24) is 30.1 Å². The van der Waals surface area contributed by atoms with Gasteiger partial charge in [-0.15, -0.1) is 16.4 Å². The van der Waals surface area contributed by atoms with Crippen LogP contribution in [-0.4, -0.2) is 43.2 Å². The maximum absolute atomic E-state index is 4.84. The van der Waals surface area contributed by atoms with Gasteiger partial charge >= 0.3 is 0 Å². The van der Waals surface area contributed by atoms with Crippen molar-refractivity contribution in [2.75, 3.05) is 13.1 Å². The number of hydrogen-bond donors (Lipinski definition) is 0. The van der Waals surface area contributed by atoms with Gasteiger partial charge in [0, 0.05) is 13.1 Å². The molecule has 6 nitrogen and oxygen atoms in total. The number of thiazole rings is 1. The van der Waals surface area contributed by atoms with E-state index in [-0.39, 0.29) is 0 Å². The highest BCUT2D eigenvalue weighted by Crippen LogP contribution is 2.36. The highest BCUT2D eigenvalue weighted by atomic mass is 32.1. The molecule has 114 valence electrons. The molecular weight excluding hydrogens is 296 g/mol. The summed E-state index contributed by atoms with van der Waals surface area (Å²) in [6, 6.07) is 8.89. The van der Waals surface area contributed by atoms with Gasteiger partial charge in [-0.2, -0.15) is 0 Å². The summed E-state index contributed by atoms with van der Waals surface area (Å²) in [7, 11) is 0. The van der Waals surface area contributed by atoms with Gasteiger partial charge in [0.1, 0.15) is 11.3 Å². The Morgan fingerprint density at radius 1 is 1.23 bits per heavy atom. The zero-order valence-electron chi connectivity index (χ0n) is 12.3. The number of hydrogen-bond acceptors (Lipinski definition) is 6. The van der Waals surface area contributed by atoms with Gasteiger partial charge in [0.2, 0.25) is 0 Å². The summed E-state index contributed by atoms with van der Waals surface area (Å²) in [5.74, 6) is 0. The van der Waals surface area contributed by atoms with E-state index in [1.807, 2.05) is 11.3 Å². The van der Waals surface area contributed by atoms with Crippen LogP contribution in [-0.2, 0) is 6.54 Å². The smallest absolute Gasteiger partial charge is 0.138 e. The van der Waals surface area contributed by atoms with Gasteiger partial charge < -0.3 is 0 Å². The van der Waals surface area contributed by atoms with Crippen LogP contribution in [0.25, 0.3) is 10.2 Å². The second-order valence-electron chi connectivity index (χ2n) is 5.64. The Hall–Kier alpha value is -1.86. The number of likely N-dealkylation sites (tertiary alicyclic amines) is 1. The number of aryl methyl sites for hydroxylation is 1. The van der Waals surface area contributed by atoms with Crippen LogP contribution in [0.4, 0.5) is 0 Å². The highest BCUT2D eigenvalue weighted by molar-refractivity contribution is 7.18. The fourth-order valence-corrected chi connectivity index (χ4v) is 4.26. The minimum Gasteiger partial charge on any atom is -0.294 e. The molecule has 1 aliphatic rings. The Labute approximate surface area is 132 Å². The van der Waals surface area contributed by atoms with Gasteiger partial charge in [0.05, 0.1) is 16.3 Å². The summed E-state index contributed by atoms with van der Waals surface area (Å²) in [4.78, 5) is 7.40. The number of tetrazole rings is 1. The first-order valence-electron chi connectivity index (χ1n) is 7.70. The topological polar surface area (TPSA) is 59.7 Å². The van der Waals surface area contributed by atoms with E-state index in [1.165, 1.54) is 22.5 Å². The third-order valence-corrected chi connectivity index (χ3v) is 5.32. The molecule has 0 aliphatic carbocycles. The lowest BCUT2D eigenvalue weighted by Crippen LogP contribution is -2.25. The molecule has 0 spiro atoms. The molecule has 1 fully saturated rings. The summed E-state index contributed by atoms with van der Waals surface area (Å²) < 4.78 is 3.08. The largest absolute Gasteiger partial charge is 0.294 e. The number of nitrogens with zero attached hydrogens (tertiary/aromatic N) is 6. The summed E-state index contributed by atoms with van der Waals surface area (Å²) in [6.07, 6.45) is 5.21. The van der Waals surface area contributed by atoms with Crippen molar-refractivity contribution in [3.8, 4) is 0 Å². The first-order valence-corrected chi connectivity index (χ1v) is 8.52. The van der Waals surface area contributed by atoms with Crippen LogP contribution in [0.5, 0.6) is 0 Å². The number of para-hydroxylation sites is 1. The SMILES string of the molecule is c1ccc2sc(C3CCCN3CCCn3cnnn3)nc2c1. The van der Waals surface area contributed by atoms with E-state index < -0.39 is 0 Å². The third-order valence-electron chi connectivity index (χ3n) is 4.18. The number of fused-ring (bicyclic) bond motifs is 1. The highest BCUT2D eigenvalue weighted by Gasteiger charge is 2.28. The van der Waals surface area contributed by atoms with Crippen molar-refractivity contribution < 1.29 is 0 Å². The summed E-state index contributed by atoms with van der Waals surface area (Å²) in [5.41, 5.74) is 1.13. The molecule has 1 aromatic carbocycles. The standard InChI is InChI=1S/C15H18N6S/c1-2-7-14-12(5-1)17-15(22-14)13-6-3-8-20(13)9-4-10-21-11-16-18-19-21/h1-2,5,7,11,13H,3-4,6,8-10H2. The van der Waals surface area contributed by atoms with Gasteiger partial charge in [-0.1, -0.05) is 12.1 Å². The monoisotopic (exact) mass is 314 g/mol. The van der Waals surface area contributed by atoms with E-state index >= 15 is 0 Å². The van der Waals surface area contributed by atoms with Gasteiger partial charge in [-0.3, -0.25) is 4.90 Å². The van der Waals surface area contributed by atoms with Crippen LogP contribution in [0.3, 0.4) is 0 Å². The first kappa shape index (κ1) is 13.8. The predicted octanol–water partition coefficient (Wildman–Crippen LogP) is 2.51. The second-order valence-corrected chi connectivity index (χ2v) is 6.70. The lowest BCUT2D eigenvalue weighted by molar-refractivity contribution is 0.247. The lowest BCUT2D eigenvalue weighted by Gasteiger charge is -2.22. The normalized spacial score (nSPS) is 19.2. The molecule has 22 heavy (non-hydrogen) atoms. The fraction of sp³-hybridized carbons (Fsp3) is 0.467. The Balaban J connectivity index is 1.44. The van der Waals surface area contributed by atoms with Crippen LogP contribution in [0.1, 0.15) is 30.3 Å². The lowest BCUT2D eigenvalue weighted by atomic mass is 10.2. The first-order chi connectivity index (χ1) is 10.9. The van der Waals surface area contributed by atoms with Crippen LogP contribution in [0, 0.1) is 0 Å². The van der Waals surface area contributed by atoms with E-state index in [4.69, 9.17) is 4.98 Å². The van der Waals surface area contributed by atoms with Crippen LogP contribution in [0.2, 0.25) is 0 Å². The molecule has 0 bridgehead atoms. The molecule has 0 radical (unpaired) electrons. The van der Waals surface area contributed by atoms with Crippen LogP contribution in [0.15, 0.2) is 30.6 Å². The molecule has 0 N–H and O–H groups in total. The molecule has 7 heteroatoms. The molecule has 3 aromatic rings. The quantitative estimate of drug-likeness (QED) is 0.724. The molecule has 1 saturated heterocycles. The second kappa shape index (κ2) is 6.10. The van der Waals surface area contributed by atoms with Crippen LogP contribution < -0.4 is 0 Å². The zero-order valence-corrected chi connectivity index (χ0v) is 13.1. The Morgan fingerprint density at radius 2 is 2.18 bits per heavy atom. The molecule has 2 aromatic heterocycles. The maximum Gasteiger partial charge on any atom is 0.138 e. The minimum atomic E-state index is 0.478. The van der Waals surface area contributed by atoms with Crippen molar-refractivity contribution in [2.45, 2.75) is 31.8 Å². The number of aromatic nitrogens is 5. The Bertz CT molecular complexity index is 704. The van der Waals surface area contributed by atoms with E-state index in [0.29, 0.717) is 6.04 Å². The van der Waals surface area contributed by atoms with Gasteiger partial charge in [0.15, 0.2) is 0 Å². The van der Waals surface area contributed by atoms with Crippen molar-refractivity contribution >= 4 is 21.6 Å². The van der Waals surface area contributed by atoms with E-state index in [1.54, 1.807) is 11.0 Å². The molecule has 0 amide bonds. The third kappa shape index (κ3) is 2.74. The number of rotatable bonds is 5. The van der Waals surface area contributed by atoms with Crippen molar-refractivity contribution in [3.05, 3.63) is 35.6 Å². The van der Waals surface area contributed by atoms with Crippen molar-refractivity contribution in [1.29, 1.82) is 0 Å². The molecular formula is C15H18N6S.